The van der Waals surface area contributed by atoms with Crippen molar-refractivity contribution < 1.29 is 4.74 Å². The third kappa shape index (κ3) is 4.37. The second-order valence-electron chi connectivity index (χ2n) is 3.77. The summed E-state index contributed by atoms with van der Waals surface area (Å²) in [4.78, 5) is 4.30. The van der Waals surface area contributed by atoms with Crippen LogP contribution in [0.2, 0.25) is 0 Å². The number of pyridine rings is 1. The van der Waals surface area contributed by atoms with Gasteiger partial charge in [-0.1, -0.05) is 0 Å². The molecule has 1 saturated heterocycles. The average Bonchev–Trinajstić information content (AvgIpc) is 2.39. The number of halogens is 1. The fraction of sp³-hybridized carbons (Fsp3) is 0.417. The van der Waals surface area contributed by atoms with Crippen molar-refractivity contribution >= 4 is 35.8 Å². The van der Waals surface area contributed by atoms with Crippen LogP contribution in [0.4, 0.5) is 5.69 Å². The van der Waals surface area contributed by atoms with Crippen molar-refractivity contribution in [3.05, 3.63) is 24.0 Å². The highest BCUT2D eigenvalue weighted by molar-refractivity contribution is 14.2. The molecule has 1 N–H and O–H groups in total. The van der Waals surface area contributed by atoms with Gasteiger partial charge in [0.25, 0.3) is 0 Å². The van der Waals surface area contributed by atoms with Crippen LogP contribution in [0.3, 0.4) is 0 Å². The Kier molecular flexibility index (Phi) is 5.42. The van der Waals surface area contributed by atoms with Gasteiger partial charge in [0.1, 0.15) is 5.69 Å². The van der Waals surface area contributed by atoms with E-state index in [1.807, 2.05) is 18.3 Å². The van der Waals surface area contributed by atoms with Crippen molar-refractivity contribution in [1.82, 2.24) is 4.98 Å². The van der Waals surface area contributed by atoms with Crippen LogP contribution in [0.1, 0.15) is 18.5 Å². The molecule has 90 valence electrons. The Morgan fingerprint density at radius 1 is 1.41 bits per heavy atom. The van der Waals surface area contributed by atoms with Gasteiger partial charge in [0.2, 0.25) is 0 Å². The van der Waals surface area contributed by atoms with E-state index in [-0.39, 0.29) is 0 Å². The molecule has 0 aliphatic carbocycles. The van der Waals surface area contributed by atoms with E-state index in [1.54, 1.807) is 0 Å². The summed E-state index contributed by atoms with van der Waals surface area (Å²) < 4.78 is 5.32. The van der Waals surface area contributed by atoms with Crippen molar-refractivity contribution in [2.24, 2.45) is 0 Å². The summed E-state index contributed by atoms with van der Waals surface area (Å²) in [5, 5.41) is 6.39. The number of hydrogen-bond acceptors (Lipinski definition) is 4. The zero-order valence-corrected chi connectivity index (χ0v) is 12.3. The smallest absolute Gasteiger partial charge is 0.114 e. The van der Waals surface area contributed by atoms with Gasteiger partial charge in [0.05, 0.1) is 11.9 Å². The minimum atomic E-state index is 0.507. The van der Waals surface area contributed by atoms with Crippen molar-refractivity contribution in [3.63, 3.8) is 0 Å². The van der Waals surface area contributed by atoms with Gasteiger partial charge in [0.15, 0.2) is 0 Å². The van der Waals surface area contributed by atoms with Gasteiger partial charge in [-0.05, 0) is 45.1 Å². The van der Waals surface area contributed by atoms with E-state index in [4.69, 9.17) is 4.74 Å². The molecule has 1 fully saturated rings. The second kappa shape index (κ2) is 7.09. The third-order valence-electron chi connectivity index (χ3n) is 2.57. The van der Waals surface area contributed by atoms with Gasteiger partial charge in [-0.25, -0.2) is 4.98 Å². The highest BCUT2D eigenvalue weighted by atomic mass is 127. The number of ether oxygens (including phenoxy) is 1. The quantitative estimate of drug-likeness (QED) is 0.649. The van der Waals surface area contributed by atoms with Gasteiger partial charge in [0, 0.05) is 40.5 Å². The lowest BCUT2D eigenvalue weighted by Gasteiger charge is -2.23. The predicted octanol–water partition coefficient (Wildman–Crippen LogP) is 3.06. The number of rotatable bonds is 2. The number of nitrogens with one attached hydrogen (secondary N) is 1. The molecule has 0 saturated carbocycles. The van der Waals surface area contributed by atoms with Gasteiger partial charge in [-0.3, -0.25) is 0 Å². The predicted molar refractivity (Wildman–Crippen MR) is 80.2 cm³/mol. The van der Waals surface area contributed by atoms with Crippen LogP contribution >= 0.6 is 30.1 Å². The molecule has 0 aromatic carbocycles. The molecule has 0 amide bonds. The maximum absolute atomic E-state index is 5.32. The van der Waals surface area contributed by atoms with Gasteiger partial charge in [-0.2, -0.15) is 0 Å². The maximum atomic E-state index is 5.32. The number of hydrogen-bond donors (Lipinski definition) is 1. The van der Waals surface area contributed by atoms with Crippen molar-refractivity contribution in [3.8, 4) is 11.2 Å². The molecule has 2 rings (SSSR count). The largest absolute Gasteiger partial charge is 0.381 e. The van der Waals surface area contributed by atoms with Crippen LogP contribution < -0.4 is 5.32 Å². The standard InChI is InChI=1S/C12H13IN2OS/c13-17-8-5-10-1-2-12(9-14-10)15-11-3-6-16-7-4-11/h1-2,9,11,15H,3-4,6-7H2. The average molecular weight is 360 g/mol. The topological polar surface area (TPSA) is 34.1 Å². The zero-order chi connectivity index (χ0) is 11.9. The molecule has 2 heterocycles. The van der Waals surface area contributed by atoms with Crippen molar-refractivity contribution in [1.29, 1.82) is 0 Å². The first kappa shape index (κ1) is 13.0. The van der Waals surface area contributed by atoms with Crippen LogP contribution in [0.15, 0.2) is 18.3 Å². The van der Waals surface area contributed by atoms with Crippen LogP contribution in [0.25, 0.3) is 0 Å². The summed E-state index contributed by atoms with van der Waals surface area (Å²) in [5.74, 6) is 2.97. The Hall–Kier alpha value is -0.450. The highest BCUT2D eigenvalue weighted by Gasteiger charge is 2.12. The molecule has 0 unspecified atom stereocenters. The van der Waals surface area contributed by atoms with Crippen LogP contribution in [0, 0.1) is 11.2 Å². The third-order valence-corrected chi connectivity index (χ3v) is 3.41. The van der Waals surface area contributed by atoms with E-state index in [9.17, 15) is 0 Å². The summed E-state index contributed by atoms with van der Waals surface area (Å²) >= 11 is 2.15. The summed E-state index contributed by atoms with van der Waals surface area (Å²) in [6.45, 7) is 1.70. The SMILES string of the molecule is ISC#Cc1ccc(NC2CCOCC2)cn1. The molecule has 0 atom stereocenters. The molecular formula is C12H13IN2OS. The molecule has 3 nitrogen and oxygen atoms in total. The first-order valence-electron chi connectivity index (χ1n) is 5.47. The van der Waals surface area contributed by atoms with E-state index in [0.29, 0.717) is 6.04 Å². The monoisotopic (exact) mass is 360 g/mol. The fourth-order valence-corrected chi connectivity index (χ4v) is 2.18. The molecule has 0 bridgehead atoms. The molecule has 1 aromatic heterocycles. The highest BCUT2D eigenvalue weighted by Crippen LogP contribution is 2.14. The van der Waals surface area contributed by atoms with Gasteiger partial charge in [-0.15, -0.1) is 0 Å². The Morgan fingerprint density at radius 2 is 2.24 bits per heavy atom. The molecule has 1 aliphatic heterocycles. The Labute approximate surface area is 118 Å². The molecule has 1 aliphatic rings. The fourth-order valence-electron chi connectivity index (χ4n) is 1.70. The molecule has 17 heavy (non-hydrogen) atoms. The maximum Gasteiger partial charge on any atom is 0.114 e. The van der Waals surface area contributed by atoms with E-state index in [2.05, 4.69) is 42.7 Å². The van der Waals surface area contributed by atoms with E-state index < -0.39 is 0 Å². The number of anilines is 1. The Bertz CT molecular complexity index is 407. The number of aromatic nitrogens is 1. The Morgan fingerprint density at radius 3 is 2.88 bits per heavy atom. The first-order chi connectivity index (χ1) is 8.38. The lowest BCUT2D eigenvalue weighted by atomic mass is 10.1. The van der Waals surface area contributed by atoms with E-state index in [0.717, 1.165) is 37.4 Å². The van der Waals surface area contributed by atoms with E-state index in [1.165, 1.54) is 8.93 Å². The summed E-state index contributed by atoms with van der Waals surface area (Å²) in [5.41, 5.74) is 1.87. The molecule has 0 spiro atoms. The zero-order valence-electron chi connectivity index (χ0n) is 9.28. The molecular weight excluding hydrogens is 347 g/mol. The van der Waals surface area contributed by atoms with Crippen LogP contribution in [0.5, 0.6) is 0 Å². The second-order valence-corrected chi connectivity index (χ2v) is 5.45. The Balaban J connectivity index is 1.93. The summed E-state index contributed by atoms with van der Waals surface area (Å²) in [6.07, 6.45) is 3.97. The summed E-state index contributed by atoms with van der Waals surface area (Å²) in [7, 11) is 1.47. The first-order valence-corrected chi connectivity index (χ1v) is 8.83. The van der Waals surface area contributed by atoms with Crippen LogP contribution in [-0.2, 0) is 4.74 Å². The molecule has 1 aromatic rings. The number of nitrogens with zero attached hydrogens (tertiary/aromatic N) is 1. The lowest BCUT2D eigenvalue weighted by molar-refractivity contribution is 0.0904. The van der Waals surface area contributed by atoms with Crippen molar-refractivity contribution in [2.75, 3.05) is 18.5 Å². The minimum absolute atomic E-state index is 0.507. The summed E-state index contributed by atoms with van der Waals surface area (Å²) in [6, 6.07) is 4.48. The van der Waals surface area contributed by atoms with Gasteiger partial charge < -0.3 is 10.1 Å². The molecule has 0 radical (unpaired) electrons. The normalized spacial score (nSPS) is 16.1. The van der Waals surface area contributed by atoms with Crippen molar-refractivity contribution in [2.45, 2.75) is 18.9 Å². The van der Waals surface area contributed by atoms with E-state index >= 15 is 0 Å². The van der Waals surface area contributed by atoms with Crippen LogP contribution in [-0.4, -0.2) is 24.2 Å². The minimum Gasteiger partial charge on any atom is -0.381 e. The lowest BCUT2D eigenvalue weighted by Crippen LogP contribution is -2.27. The molecule has 5 heteroatoms. The van der Waals surface area contributed by atoms with Gasteiger partial charge >= 0.3 is 0 Å².